The number of carbonyl (C=O) groups excluding carboxylic acids is 1. The molecule has 1 saturated heterocycles. The molecule has 0 saturated carbocycles. The molecule has 1 amide bonds. The molecule has 1 N–H and O–H groups in total. The van der Waals surface area contributed by atoms with Crippen molar-refractivity contribution < 1.29 is 9.90 Å². The number of hydrogen-bond acceptors (Lipinski definition) is 3. The van der Waals surface area contributed by atoms with Crippen molar-refractivity contribution in [1.82, 2.24) is 9.80 Å². The molecule has 0 unspecified atom stereocenters. The quantitative estimate of drug-likeness (QED) is 0.885. The number of phenols is 1. The minimum atomic E-state index is 0.0482. The topological polar surface area (TPSA) is 43.8 Å². The van der Waals surface area contributed by atoms with E-state index in [-0.39, 0.29) is 11.7 Å². The number of aryl methyl sites for hydroxylation is 1. The van der Waals surface area contributed by atoms with Crippen LogP contribution in [0.4, 0.5) is 0 Å². The molecule has 0 atom stereocenters. The largest absolute Gasteiger partial charge is 0.508 e. The lowest BCUT2D eigenvalue weighted by atomic mass is 10.0. The minimum Gasteiger partial charge on any atom is -0.508 e. The number of aromatic hydroxyl groups is 1. The van der Waals surface area contributed by atoms with Crippen molar-refractivity contribution in [3.05, 3.63) is 29.3 Å². The predicted molar refractivity (Wildman–Crippen MR) is 75.5 cm³/mol. The van der Waals surface area contributed by atoms with Crippen molar-refractivity contribution in [2.45, 2.75) is 25.8 Å². The second kappa shape index (κ2) is 5.61. The number of carbonyl (C=O) groups is 1. The molecule has 19 heavy (non-hydrogen) atoms. The first-order valence-electron chi connectivity index (χ1n) is 6.74. The molecule has 1 fully saturated rings. The van der Waals surface area contributed by atoms with Gasteiger partial charge in [-0.1, -0.05) is 0 Å². The first-order valence-corrected chi connectivity index (χ1v) is 6.74. The fourth-order valence-corrected chi connectivity index (χ4v) is 2.63. The van der Waals surface area contributed by atoms with Crippen LogP contribution >= 0.6 is 0 Å². The normalized spacial score (nSPS) is 17.4. The summed E-state index contributed by atoms with van der Waals surface area (Å²) in [5.74, 6) is 0.253. The third kappa shape index (κ3) is 3.07. The van der Waals surface area contributed by atoms with E-state index >= 15 is 0 Å². The van der Waals surface area contributed by atoms with Gasteiger partial charge in [0.1, 0.15) is 5.75 Å². The van der Waals surface area contributed by atoms with Crippen molar-refractivity contribution in [3.63, 3.8) is 0 Å². The number of benzene rings is 1. The van der Waals surface area contributed by atoms with Crippen molar-refractivity contribution in [2.24, 2.45) is 0 Å². The molecule has 0 radical (unpaired) electrons. The standard InChI is InChI=1S/C15H22N2O2/c1-11-10-13(18)4-5-14(11)15(19)17(3)12-6-8-16(2)9-7-12/h4-5,10,12,18H,6-9H2,1-3H3. The zero-order chi connectivity index (χ0) is 14.0. The molecule has 0 aliphatic carbocycles. The van der Waals surface area contributed by atoms with Gasteiger partial charge in [-0.3, -0.25) is 4.79 Å². The van der Waals surface area contributed by atoms with Crippen LogP contribution in [0.25, 0.3) is 0 Å². The third-order valence-electron chi connectivity index (χ3n) is 4.00. The van der Waals surface area contributed by atoms with E-state index in [4.69, 9.17) is 0 Å². The van der Waals surface area contributed by atoms with Gasteiger partial charge >= 0.3 is 0 Å². The van der Waals surface area contributed by atoms with Gasteiger partial charge < -0.3 is 14.9 Å². The summed E-state index contributed by atoms with van der Waals surface area (Å²) < 4.78 is 0. The van der Waals surface area contributed by atoms with E-state index < -0.39 is 0 Å². The summed E-state index contributed by atoms with van der Waals surface area (Å²) in [5.41, 5.74) is 1.50. The van der Waals surface area contributed by atoms with Gasteiger partial charge in [0.25, 0.3) is 5.91 Å². The average molecular weight is 262 g/mol. The van der Waals surface area contributed by atoms with E-state index in [1.807, 2.05) is 18.9 Å². The highest BCUT2D eigenvalue weighted by Gasteiger charge is 2.25. The Labute approximate surface area is 114 Å². The van der Waals surface area contributed by atoms with Gasteiger partial charge in [0.2, 0.25) is 0 Å². The lowest BCUT2D eigenvalue weighted by Crippen LogP contribution is -2.44. The number of likely N-dealkylation sites (tertiary alicyclic amines) is 1. The van der Waals surface area contributed by atoms with Crippen LogP contribution < -0.4 is 0 Å². The Bertz CT molecular complexity index is 465. The van der Waals surface area contributed by atoms with Gasteiger partial charge in [0.15, 0.2) is 0 Å². The predicted octanol–water partition coefficient (Wildman–Crippen LogP) is 1.87. The van der Waals surface area contributed by atoms with Crippen molar-refractivity contribution in [2.75, 3.05) is 27.2 Å². The first kappa shape index (κ1) is 13.9. The van der Waals surface area contributed by atoms with E-state index in [9.17, 15) is 9.90 Å². The van der Waals surface area contributed by atoms with Crippen LogP contribution in [0, 0.1) is 6.92 Å². The van der Waals surface area contributed by atoms with Crippen LogP contribution in [-0.2, 0) is 0 Å². The fourth-order valence-electron chi connectivity index (χ4n) is 2.63. The van der Waals surface area contributed by atoms with Crippen LogP contribution in [0.3, 0.4) is 0 Å². The molecule has 0 bridgehead atoms. The zero-order valence-electron chi connectivity index (χ0n) is 11.9. The molecular weight excluding hydrogens is 240 g/mol. The molecular formula is C15H22N2O2. The molecule has 2 rings (SSSR count). The number of rotatable bonds is 2. The van der Waals surface area contributed by atoms with E-state index in [1.165, 1.54) is 0 Å². The first-order chi connectivity index (χ1) is 8.99. The lowest BCUT2D eigenvalue weighted by molar-refractivity contribution is 0.0659. The molecule has 1 aliphatic rings. The fraction of sp³-hybridized carbons (Fsp3) is 0.533. The molecule has 0 aromatic heterocycles. The van der Waals surface area contributed by atoms with Gasteiger partial charge in [-0.25, -0.2) is 0 Å². The van der Waals surface area contributed by atoms with Gasteiger partial charge in [0.05, 0.1) is 0 Å². The molecule has 1 aromatic carbocycles. The van der Waals surface area contributed by atoms with Crippen LogP contribution in [0.15, 0.2) is 18.2 Å². The summed E-state index contributed by atoms with van der Waals surface area (Å²) in [5, 5.41) is 9.41. The second-order valence-electron chi connectivity index (χ2n) is 5.45. The molecule has 1 aliphatic heterocycles. The number of nitrogens with zero attached hydrogens (tertiary/aromatic N) is 2. The number of piperidine rings is 1. The third-order valence-corrected chi connectivity index (χ3v) is 4.00. The van der Waals surface area contributed by atoms with E-state index in [2.05, 4.69) is 11.9 Å². The van der Waals surface area contributed by atoms with E-state index in [1.54, 1.807) is 18.2 Å². The number of amides is 1. The molecule has 104 valence electrons. The SMILES string of the molecule is Cc1cc(O)ccc1C(=O)N(C)C1CCN(C)CC1. The minimum absolute atomic E-state index is 0.0482. The van der Waals surface area contributed by atoms with Gasteiger partial charge in [-0.15, -0.1) is 0 Å². The zero-order valence-corrected chi connectivity index (χ0v) is 11.9. The summed E-state index contributed by atoms with van der Waals surface area (Å²) in [6.07, 6.45) is 2.05. The Morgan fingerprint density at radius 2 is 2.00 bits per heavy atom. The molecule has 1 aromatic rings. The molecule has 4 nitrogen and oxygen atoms in total. The Balaban J connectivity index is 2.10. The summed E-state index contributed by atoms with van der Waals surface area (Å²) in [6, 6.07) is 5.23. The van der Waals surface area contributed by atoms with Gasteiger partial charge in [0, 0.05) is 18.7 Å². The van der Waals surface area contributed by atoms with Crippen molar-refractivity contribution in [1.29, 1.82) is 0 Å². The maximum atomic E-state index is 12.5. The lowest BCUT2D eigenvalue weighted by Gasteiger charge is -2.35. The van der Waals surface area contributed by atoms with Gasteiger partial charge in [-0.05, 0) is 63.7 Å². The van der Waals surface area contributed by atoms with Crippen LogP contribution in [0.5, 0.6) is 5.75 Å². The summed E-state index contributed by atoms with van der Waals surface area (Å²) in [6.45, 7) is 3.93. The van der Waals surface area contributed by atoms with Crippen LogP contribution in [-0.4, -0.2) is 54.0 Å². The maximum absolute atomic E-state index is 12.5. The summed E-state index contributed by atoms with van der Waals surface area (Å²) in [7, 11) is 3.99. The summed E-state index contributed by atoms with van der Waals surface area (Å²) >= 11 is 0. The van der Waals surface area contributed by atoms with Crippen LogP contribution in [0.2, 0.25) is 0 Å². The highest BCUT2D eigenvalue weighted by Crippen LogP contribution is 2.20. The number of hydrogen-bond donors (Lipinski definition) is 1. The monoisotopic (exact) mass is 262 g/mol. The highest BCUT2D eigenvalue weighted by molar-refractivity contribution is 5.95. The Kier molecular flexibility index (Phi) is 4.10. The van der Waals surface area contributed by atoms with Crippen LogP contribution in [0.1, 0.15) is 28.8 Å². The maximum Gasteiger partial charge on any atom is 0.254 e. The molecule has 4 heteroatoms. The van der Waals surface area contributed by atoms with E-state index in [0.717, 1.165) is 31.5 Å². The highest BCUT2D eigenvalue weighted by atomic mass is 16.3. The smallest absolute Gasteiger partial charge is 0.254 e. The van der Waals surface area contributed by atoms with Crippen molar-refractivity contribution >= 4 is 5.91 Å². The number of phenolic OH excluding ortho intramolecular Hbond substituents is 1. The molecule has 0 spiro atoms. The Hall–Kier alpha value is -1.55. The Morgan fingerprint density at radius 3 is 2.58 bits per heavy atom. The second-order valence-corrected chi connectivity index (χ2v) is 5.45. The molecule has 1 heterocycles. The van der Waals surface area contributed by atoms with E-state index in [0.29, 0.717) is 11.6 Å². The Morgan fingerprint density at radius 1 is 1.37 bits per heavy atom. The van der Waals surface area contributed by atoms with Crippen molar-refractivity contribution in [3.8, 4) is 5.75 Å². The van der Waals surface area contributed by atoms with Gasteiger partial charge in [-0.2, -0.15) is 0 Å². The summed E-state index contributed by atoms with van der Waals surface area (Å²) in [4.78, 5) is 16.6. The average Bonchev–Trinajstić information content (AvgIpc) is 2.38.